The molecule has 13 nitrogen and oxygen atoms in total. The van der Waals surface area contributed by atoms with E-state index in [1.54, 1.807) is 19.1 Å². The molecule has 0 unspecified atom stereocenters. The third-order valence-electron chi connectivity index (χ3n) is 9.77. The predicted octanol–water partition coefficient (Wildman–Crippen LogP) is 2.81. The zero-order valence-corrected chi connectivity index (χ0v) is 27.5. The predicted molar refractivity (Wildman–Crippen MR) is 176 cm³/mol. The monoisotopic (exact) mass is 673 g/mol. The number of aliphatic hydroxyl groups excluding tert-OH is 1. The third kappa shape index (κ3) is 5.87. The van der Waals surface area contributed by atoms with Crippen LogP contribution in [0, 0.1) is 0 Å². The zero-order chi connectivity index (χ0) is 35.4. The number of phenolic OH excluding ortho intramolecular Hbond substituents is 2. The van der Waals surface area contributed by atoms with Crippen molar-refractivity contribution in [2.45, 2.75) is 82.7 Å². The van der Waals surface area contributed by atoms with Crippen molar-refractivity contribution in [1.82, 2.24) is 5.43 Å². The lowest BCUT2D eigenvalue weighted by Crippen LogP contribution is -2.52. The number of fused-ring (bicyclic) bond motifs is 3. The van der Waals surface area contributed by atoms with E-state index in [1.165, 1.54) is 32.2 Å². The second kappa shape index (κ2) is 13.0. The SMILES string of the molecule is CCc1ccc(C(=O)N/N=C(/C)[C@]2(O)Cc3c(O)c4c(c(O)c3[C@H](O[C@@H]3C[C@H](N)[C@H](O)[C@H](C)O3)C2)C(=O)c2c(OC)cccc2C4=O)cc1. The second-order valence-corrected chi connectivity index (χ2v) is 12.8. The molecule has 3 aromatic rings. The van der Waals surface area contributed by atoms with Gasteiger partial charge in [-0.25, -0.2) is 5.43 Å². The number of hydrogen-bond acceptors (Lipinski definition) is 12. The molecule has 0 aromatic heterocycles. The molecule has 3 aromatic carbocycles. The van der Waals surface area contributed by atoms with E-state index in [0.717, 1.165) is 12.0 Å². The number of phenols is 2. The van der Waals surface area contributed by atoms with Crippen LogP contribution in [0.1, 0.15) is 98.6 Å². The summed E-state index contributed by atoms with van der Waals surface area (Å²) >= 11 is 0. The topological polar surface area (TPSA) is 210 Å². The molecule has 1 heterocycles. The summed E-state index contributed by atoms with van der Waals surface area (Å²) in [6.07, 6.45) is -3.71. The van der Waals surface area contributed by atoms with Crippen LogP contribution in [0.2, 0.25) is 0 Å². The molecule has 1 saturated heterocycles. The fourth-order valence-electron chi connectivity index (χ4n) is 6.86. The summed E-state index contributed by atoms with van der Waals surface area (Å²) in [5.74, 6) is -3.07. The number of carbonyl (C=O) groups excluding carboxylic acids is 3. The number of nitrogens with one attached hydrogen (secondary N) is 1. The van der Waals surface area contributed by atoms with Crippen molar-refractivity contribution in [3.8, 4) is 17.2 Å². The molecule has 2 aliphatic carbocycles. The second-order valence-electron chi connectivity index (χ2n) is 12.8. The van der Waals surface area contributed by atoms with Gasteiger partial charge in [-0.15, -0.1) is 0 Å². The summed E-state index contributed by atoms with van der Waals surface area (Å²) in [5.41, 5.74) is 7.17. The number of nitrogens with zero attached hydrogens (tertiary/aromatic N) is 1. The highest BCUT2D eigenvalue weighted by Crippen LogP contribution is 2.52. The summed E-state index contributed by atoms with van der Waals surface area (Å²) in [4.78, 5) is 40.7. The Balaban J connectivity index is 1.43. The molecule has 258 valence electrons. The molecular formula is C36H39N3O10. The van der Waals surface area contributed by atoms with Gasteiger partial charge in [0.1, 0.15) is 22.8 Å². The van der Waals surface area contributed by atoms with E-state index in [2.05, 4.69) is 10.5 Å². The van der Waals surface area contributed by atoms with Crippen molar-refractivity contribution >= 4 is 23.2 Å². The maximum Gasteiger partial charge on any atom is 0.271 e. The third-order valence-corrected chi connectivity index (χ3v) is 9.77. The lowest BCUT2D eigenvalue weighted by molar-refractivity contribution is -0.245. The molecule has 1 fully saturated rings. The summed E-state index contributed by atoms with van der Waals surface area (Å²) in [6, 6.07) is 10.7. The molecule has 7 N–H and O–H groups in total. The van der Waals surface area contributed by atoms with Crippen molar-refractivity contribution in [2.24, 2.45) is 10.8 Å². The molecular weight excluding hydrogens is 634 g/mol. The highest BCUT2D eigenvalue weighted by molar-refractivity contribution is 6.31. The molecule has 6 rings (SSSR count). The number of nitrogens with two attached hydrogens (primary N) is 1. The zero-order valence-electron chi connectivity index (χ0n) is 27.5. The Labute approximate surface area is 282 Å². The van der Waals surface area contributed by atoms with Crippen LogP contribution in [0.3, 0.4) is 0 Å². The molecule has 13 heteroatoms. The quantitative estimate of drug-likeness (QED) is 0.0954. The van der Waals surface area contributed by atoms with Gasteiger partial charge in [-0.05, 0) is 44.0 Å². The van der Waals surface area contributed by atoms with Crippen LogP contribution in [0.4, 0.5) is 0 Å². The number of aliphatic hydroxyl groups is 2. The lowest BCUT2D eigenvalue weighted by atomic mass is 9.71. The number of ketones is 2. The number of aromatic hydroxyl groups is 2. The number of hydrazone groups is 1. The first-order chi connectivity index (χ1) is 23.3. The van der Waals surface area contributed by atoms with E-state index in [4.69, 9.17) is 19.9 Å². The maximum absolute atomic E-state index is 13.9. The van der Waals surface area contributed by atoms with Crippen molar-refractivity contribution in [1.29, 1.82) is 0 Å². The first-order valence-corrected chi connectivity index (χ1v) is 16.1. The smallest absolute Gasteiger partial charge is 0.271 e. The fourth-order valence-corrected chi connectivity index (χ4v) is 6.86. The molecule has 0 saturated carbocycles. The van der Waals surface area contributed by atoms with Crippen molar-refractivity contribution in [3.63, 3.8) is 0 Å². The van der Waals surface area contributed by atoms with Crippen LogP contribution in [-0.2, 0) is 22.3 Å². The molecule has 3 aliphatic rings. The molecule has 0 bridgehead atoms. The maximum atomic E-state index is 13.9. The number of methoxy groups -OCH3 is 1. The summed E-state index contributed by atoms with van der Waals surface area (Å²) in [7, 11) is 1.35. The van der Waals surface area contributed by atoms with Gasteiger partial charge in [-0.1, -0.05) is 31.2 Å². The van der Waals surface area contributed by atoms with Gasteiger partial charge in [0.25, 0.3) is 5.91 Å². The number of ether oxygens (including phenoxy) is 3. The minimum atomic E-state index is -1.89. The summed E-state index contributed by atoms with van der Waals surface area (Å²) in [5, 5.41) is 50.2. The summed E-state index contributed by atoms with van der Waals surface area (Å²) < 4.78 is 17.5. The van der Waals surface area contributed by atoms with E-state index in [1.807, 2.05) is 19.1 Å². The number of rotatable bonds is 7. The summed E-state index contributed by atoms with van der Waals surface area (Å²) in [6.45, 7) is 5.11. The Morgan fingerprint density at radius 2 is 1.78 bits per heavy atom. The van der Waals surface area contributed by atoms with Crippen molar-refractivity contribution in [2.75, 3.05) is 7.11 Å². The van der Waals surface area contributed by atoms with Gasteiger partial charge >= 0.3 is 0 Å². The molecule has 1 aliphatic heterocycles. The van der Waals surface area contributed by atoms with E-state index < -0.39 is 76.3 Å². The van der Waals surface area contributed by atoms with Gasteiger partial charge in [-0.2, -0.15) is 5.10 Å². The minimum absolute atomic E-state index is 0.0186. The fraction of sp³-hybridized carbons (Fsp3) is 0.389. The number of amides is 1. The van der Waals surface area contributed by atoms with Gasteiger partial charge in [-0.3, -0.25) is 14.4 Å². The van der Waals surface area contributed by atoms with E-state index >= 15 is 0 Å². The minimum Gasteiger partial charge on any atom is -0.507 e. The highest BCUT2D eigenvalue weighted by Gasteiger charge is 2.49. The van der Waals surface area contributed by atoms with Crippen LogP contribution in [0.5, 0.6) is 17.2 Å². The lowest BCUT2D eigenvalue weighted by Gasteiger charge is -2.42. The van der Waals surface area contributed by atoms with Gasteiger partial charge in [0.2, 0.25) is 5.78 Å². The van der Waals surface area contributed by atoms with Gasteiger partial charge in [0.15, 0.2) is 12.1 Å². The Morgan fingerprint density at radius 3 is 2.43 bits per heavy atom. The number of aryl methyl sites for hydroxylation is 1. The molecule has 1 amide bonds. The van der Waals surface area contributed by atoms with Crippen LogP contribution in [-0.4, -0.2) is 80.9 Å². The Kier molecular flexibility index (Phi) is 9.07. The Bertz CT molecular complexity index is 1860. The van der Waals surface area contributed by atoms with Gasteiger partial charge in [0, 0.05) is 47.6 Å². The van der Waals surface area contributed by atoms with Crippen molar-refractivity contribution in [3.05, 3.63) is 87.0 Å². The van der Waals surface area contributed by atoms with Crippen LogP contribution >= 0.6 is 0 Å². The average molecular weight is 674 g/mol. The van der Waals surface area contributed by atoms with E-state index in [-0.39, 0.29) is 53.0 Å². The van der Waals surface area contributed by atoms with E-state index in [9.17, 15) is 34.8 Å². The number of carbonyl (C=O) groups is 3. The highest BCUT2D eigenvalue weighted by atomic mass is 16.7. The largest absolute Gasteiger partial charge is 0.507 e. The molecule has 0 radical (unpaired) electrons. The molecule has 6 atom stereocenters. The Morgan fingerprint density at radius 1 is 1.08 bits per heavy atom. The van der Waals surface area contributed by atoms with Gasteiger partial charge < -0.3 is 40.4 Å². The molecule has 49 heavy (non-hydrogen) atoms. The van der Waals surface area contributed by atoms with E-state index in [0.29, 0.717) is 5.56 Å². The average Bonchev–Trinajstić information content (AvgIpc) is 3.09. The van der Waals surface area contributed by atoms with Gasteiger partial charge in [0.05, 0.1) is 47.8 Å². The standard InChI is InChI=1S/C36H39N3O10/c1-5-18-9-11-19(12-10-18)35(45)39-38-17(3)36(46)14-21-27(24(15-36)49-25-13-22(37)30(40)16(2)48-25)34(44)29-28(32(21)42)31(41)20-7-6-8-23(47-4)26(20)33(29)43/h6-12,16,22,24-25,30,40,42,44,46H,5,13-15,37H2,1-4H3,(H,39,45)/b38-17-/t16-,22-,24+,25+,30+,36-/m0/s1. The normalized spacial score (nSPS) is 26.4. The van der Waals surface area contributed by atoms with Crippen molar-refractivity contribution < 1.29 is 49.0 Å². The number of hydrogen-bond donors (Lipinski definition) is 6. The van der Waals surface area contributed by atoms with Crippen LogP contribution in [0.15, 0.2) is 47.6 Å². The molecule has 0 spiro atoms. The Hall–Kier alpha value is -4.66. The van der Waals surface area contributed by atoms with Crippen LogP contribution < -0.4 is 15.9 Å². The first-order valence-electron chi connectivity index (χ1n) is 16.1. The van der Waals surface area contributed by atoms with Crippen LogP contribution in [0.25, 0.3) is 0 Å². The number of benzene rings is 3. The first kappa shape index (κ1) is 34.2.